The number of hydrogen-bond donors (Lipinski definition) is 0. The maximum Gasteiger partial charge on any atom is 0.269 e. The van der Waals surface area contributed by atoms with Crippen LogP contribution in [0.25, 0.3) is 10.8 Å². The number of fused-ring (bicyclic) bond motifs is 2. The summed E-state index contributed by atoms with van der Waals surface area (Å²) < 4.78 is 0. The van der Waals surface area contributed by atoms with Crippen molar-refractivity contribution in [2.75, 3.05) is 18.0 Å². The van der Waals surface area contributed by atoms with Crippen LogP contribution < -0.4 is 4.90 Å². The topological polar surface area (TPSA) is 35.9 Å². The molecule has 1 fully saturated rings. The number of rotatable bonds is 4. The smallest absolute Gasteiger partial charge is 0.269 e. The highest BCUT2D eigenvalue weighted by Crippen LogP contribution is 2.50. The summed E-state index contributed by atoms with van der Waals surface area (Å²) in [5, 5.41) is 3.88. The molecule has 0 aromatic heterocycles. The first-order valence-electron chi connectivity index (χ1n) is 10.2. The fourth-order valence-electron chi connectivity index (χ4n) is 3.83. The number of nitrogens with zero attached hydrogens (tertiary/aromatic N) is 3. The highest BCUT2D eigenvalue weighted by molar-refractivity contribution is 8.19. The van der Waals surface area contributed by atoms with E-state index in [4.69, 9.17) is 4.99 Å². The van der Waals surface area contributed by atoms with Gasteiger partial charge in [-0.25, -0.2) is 4.99 Å². The van der Waals surface area contributed by atoms with E-state index in [1.54, 1.807) is 22.7 Å². The van der Waals surface area contributed by atoms with E-state index in [0.29, 0.717) is 11.7 Å². The lowest BCUT2D eigenvalue weighted by molar-refractivity contribution is -0.121. The number of amides is 1. The molecule has 3 aromatic rings. The number of carbonyl (C=O) groups excluding carboxylic acids is 1. The van der Waals surface area contributed by atoms with Crippen LogP contribution in [0.1, 0.15) is 6.92 Å². The average molecular weight is 444 g/mol. The average Bonchev–Trinajstić information content (AvgIpc) is 3.32. The molecular formula is C25H21N3OS2. The van der Waals surface area contributed by atoms with Crippen molar-refractivity contribution in [2.24, 2.45) is 4.99 Å². The Morgan fingerprint density at radius 3 is 2.58 bits per heavy atom. The second kappa shape index (κ2) is 8.29. The molecule has 0 unspecified atom stereocenters. The fourth-order valence-corrected chi connectivity index (χ4v) is 6.23. The van der Waals surface area contributed by atoms with Crippen LogP contribution in [-0.4, -0.2) is 29.1 Å². The minimum absolute atomic E-state index is 0.0161. The summed E-state index contributed by atoms with van der Waals surface area (Å²) in [6.45, 7) is 7.18. The standard InChI is InChI=1S/C25H21N3OS2/c1-3-16-28-23(29)22(24-27(4-2)20-14-7-8-15-21(20)30-24)31-25(28)26-19-13-9-11-17-10-5-6-12-18(17)19/h3,5-15H,1,4,16H2,2H3/b24-22+,26-25?. The Bertz CT molecular complexity index is 1260. The number of thioether (sulfide) groups is 2. The molecule has 3 aromatic carbocycles. The summed E-state index contributed by atoms with van der Waals surface area (Å²) in [5.41, 5.74) is 2.02. The summed E-state index contributed by atoms with van der Waals surface area (Å²) in [4.78, 5) is 24.2. The molecule has 0 bridgehead atoms. The lowest BCUT2D eigenvalue weighted by Gasteiger charge is -2.19. The van der Waals surface area contributed by atoms with Crippen molar-refractivity contribution in [3.8, 4) is 0 Å². The van der Waals surface area contributed by atoms with Gasteiger partial charge in [0.15, 0.2) is 5.17 Å². The third-order valence-corrected chi connectivity index (χ3v) is 7.65. The van der Waals surface area contributed by atoms with E-state index in [9.17, 15) is 4.79 Å². The lowest BCUT2D eigenvalue weighted by atomic mass is 10.1. The largest absolute Gasteiger partial charge is 0.334 e. The summed E-state index contributed by atoms with van der Waals surface area (Å²) in [6.07, 6.45) is 1.75. The minimum Gasteiger partial charge on any atom is -0.334 e. The second-order valence-electron chi connectivity index (χ2n) is 7.15. The van der Waals surface area contributed by atoms with Gasteiger partial charge in [-0.1, -0.05) is 66.4 Å². The first kappa shape index (κ1) is 20.0. The molecule has 2 aliphatic rings. The molecule has 5 rings (SSSR count). The quantitative estimate of drug-likeness (QED) is 0.346. The summed E-state index contributed by atoms with van der Waals surface area (Å²) in [5.74, 6) is -0.0161. The Hall–Kier alpha value is -2.96. The Labute approximate surface area is 190 Å². The van der Waals surface area contributed by atoms with Gasteiger partial charge in [0.2, 0.25) is 0 Å². The number of benzene rings is 3. The van der Waals surface area contributed by atoms with Crippen LogP contribution in [0.2, 0.25) is 0 Å². The molecule has 1 amide bonds. The van der Waals surface area contributed by atoms with Gasteiger partial charge >= 0.3 is 0 Å². The molecule has 0 saturated carbocycles. The predicted molar refractivity (Wildman–Crippen MR) is 133 cm³/mol. The van der Waals surface area contributed by atoms with Crippen molar-refractivity contribution in [1.29, 1.82) is 0 Å². The first-order valence-corrected chi connectivity index (χ1v) is 11.8. The molecule has 0 aliphatic carbocycles. The third-order valence-electron chi connectivity index (χ3n) is 5.28. The Morgan fingerprint density at radius 2 is 1.74 bits per heavy atom. The minimum atomic E-state index is -0.0161. The van der Waals surface area contributed by atoms with Crippen molar-refractivity contribution in [2.45, 2.75) is 11.8 Å². The Morgan fingerprint density at radius 1 is 0.968 bits per heavy atom. The molecule has 2 aliphatic heterocycles. The highest BCUT2D eigenvalue weighted by Gasteiger charge is 2.39. The number of para-hydroxylation sites is 1. The monoisotopic (exact) mass is 443 g/mol. The summed E-state index contributed by atoms with van der Waals surface area (Å²) >= 11 is 3.11. The first-order chi connectivity index (χ1) is 15.2. The van der Waals surface area contributed by atoms with E-state index in [2.05, 4.69) is 48.7 Å². The van der Waals surface area contributed by atoms with Crippen LogP contribution in [0, 0.1) is 0 Å². The second-order valence-corrected chi connectivity index (χ2v) is 9.16. The molecule has 31 heavy (non-hydrogen) atoms. The van der Waals surface area contributed by atoms with Gasteiger partial charge < -0.3 is 4.90 Å². The molecule has 2 heterocycles. The van der Waals surface area contributed by atoms with Crippen molar-refractivity contribution in [3.05, 3.63) is 89.3 Å². The summed E-state index contributed by atoms with van der Waals surface area (Å²) in [7, 11) is 0. The van der Waals surface area contributed by atoms with Gasteiger partial charge in [0.05, 0.1) is 11.4 Å². The van der Waals surface area contributed by atoms with E-state index < -0.39 is 0 Å². The lowest BCUT2D eigenvalue weighted by Crippen LogP contribution is -2.30. The van der Waals surface area contributed by atoms with Crippen LogP contribution in [0.15, 0.2) is 99.2 Å². The molecule has 6 heteroatoms. The molecule has 0 spiro atoms. The van der Waals surface area contributed by atoms with Gasteiger partial charge in [0, 0.05) is 23.4 Å². The van der Waals surface area contributed by atoms with Crippen LogP contribution in [0.4, 0.5) is 11.4 Å². The third kappa shape index (κ3) is 3.46. The van der Waals surface area contributed by atoms with E-state index in [-0.39, 0.29) is 5.91 Å². The van der Waals surface area contributed by atoms with Gasteiger partial charge in [0.25, 0.3) is 5.91 Å². The number of amidine groups is 1. The van der Waals surface area contributed by atoms with Crippen molar-refractivity contribution in [1.82, 2.24) is 4.90 Å². The molecule has 154 valence electrons. The molecule has 0 atom stereocenters. The normalized spacial score (nSPS) is 19.5. The number of carbonyl (C=O) groups is 1. The molecule has 0 radical (unpaired) electrons. The van der Waals surface area contributed by atoms with Gasteiger partial charge in [-0.3, -0.25) is 9.69 Å². The number of anilines is 1. The van der Waals surface area contributed by atoms with Crippen LogP contribution >= 0.6 is 23.5 Å². The number of aliphatic imine (C=N–C) groups is 1. The molecular weight excluding hydrogens is 422 g/mol. The predicted octanol–water partition coefficient (Wildman–Crippen LogP) is 6.39. The van der Waals surface area contributed by atoms with E-state index in [1.807, 2.05) is 36.4 Å². The number of hydrogen-bond acceptors (Lipinski definition) is 5. The summed E-state index contributed by atoms with van der Waals surface area (Å²) in [6, 6.07) is 22.5. The molecule has 1 saturated heterocycles. The maximum atomic E-state index is 13.4. The van der Waals surface area contributed by atoms with Crippen molar-refractivity contribution < 1.29 is 4.79 Å². The van der Waals surface area contributed by atoms with Gasteiger partial charge in [0.1, 0.15) is 9.93 Å². The maximum absolute atomic E-state index is 13.4. The highest BCUT2D eigenvalue weighted by atomic mass is 32.2. The van der Waals surface area contributed by atoms with Crippen LogP contribution in [-0.2, 0) is 4.79 Å². The van der Waals surface area contributed by atoms with E-state index >= 15 is 0 Å². The van der Waals surface area contributed by atoms with E-state index in [1.165, 1.54) is 16.7 Å². The van der Waals surface area contributed by atoms with Crippen molar-refractivity contribution >= 4 is 56.7 Å². The van der Waals surface area contributed by atoms with Crippen LogP contribution in [0.5, 0.6) is 0 Å². The molecule has 4 nitrogen and oxygen atoms in total. The molecule has 0 N–H and O–H groups in total. The zero-order valence-corrected chi connectivity index (χ0v) is 18.7. The fraction of sp³-hybridized carbons (Fsp3) is 0.120. The zero-order chi connectivity index (χ0) is 21.4. The van der Waals surface area contributed by atoms with Gasteiger partial charge in [-0.2, -0.15) is 0 Å². The SMILES string of the molecule is C=CCN1C(=O)/C(=C2\Sc3ccccc3N2CC)SC1=Nc1cccc2ccccc12. The van der Waals surface area contributed by atoms with Crippen molar-refractivity contribution in [3.63, 3.8) is 0 Å². The Balaban J connectivity index is 1.60. The van der Waals surface area contributed by atoms with Gasteiger partial charge in [-0.05, 0) is 42.3 Å². The van der Waals surface area contributed by atoms with Crippen LogP contribution in [0.3, 0.4) is 0 Å². The zero-order valence-electron chi connectivity index (χ0n) is 17.1. The van der Waals surface area contributed by atoms with Gasteiger partial charge in [-0.15, -0.1) is 6.58 Å². The Kier molecular flexibility index (Phi) is 5.34. The van der Waals surface area contributed by atoms with E-state index in [0.717, 1.165) is 38.6 Å².